The molecule has 0 aromatic carbocycles. The summed E-state index contributed by atoms with van der Waals surface area (Å²) in [5.74, 6) is -2.36. The molecular weight excluding hydrogens is 402 g/mol. The Hall–Kier alpha value is -1.63. The van der Waals surface area contributed by atoms with Gasteiger partial charge in [0.25, 0.3) is 5.91 Å². The normalized spacial score (nSPS) is 34.3. The Labute approximate surface area is 172 Å². The lowest BCUT2D eigenvalue weighted by Crippen LogP contribution is -2.59. The van der Waals surface area contributed by atoms with Crippen LogP contribution in [0.5, 0.6) is 0 Å². The van der Waals surface area contributed by atoms with Gasteiger partial charge in [-0.1, -0.05) is 0 Å². The van der Waals surface area contributed by atoms with E-state index in [4.69, 9.17) is 23.7 Å². The lowest BCUT2D eigenvalue weighted by Gasteiger charge is -2.36. The average molecular weight is 427 g/mol. The summed E-state index contributed by atoms with van der Waals surface area (Å²) in [5.41, 5.74) is 0. The number of aromatic nitrogens is 1. The molecule has 3 saturated heterocycles. The molecule has 3 aliphatic rings. The number of anilines is 1. The van der Waals surface area contributed by atoms with E-state index < -0.39 is 48.2 Å². The number of nitrogens with one attached hydrogen (secondary N) is 2. The van der Waals surface area contributed by atoms with Crippen LogP contribution in [0.3, 0.4) is 0 Å². The molecule has 0 spiro atoms. The van der Waals surface area contributed by atoms with Crippen molar-refractivity contribution in [3.8, 4) is 0 Å². The fourth-order valence-electron chi connectivity index (χ4n) is 3.69. The highest BCUT2D eigenvalue weighted by atomic mass is 32.1. The highest BCUT2D eigenvalue weighted by Crippen LogP contribution is 2.44. The molecular formula is C18H25N3O7S. The van der Waals surface area contributed by atoms with Crippen LogP contribution in [0.4, 0.5) is 5.13 Å². The van der Waals surface area contributed by atoms with E-state index in [9.17, 15) is 9.59 Å². The van der Waals surface area contributed by atoms with Gasteiger partial charge in [-0.3, -0.25) is 9.59 Å². The number of carbonyl (C=O) groups excluding carboxylic acids is 2. The zero-order chi connectivity index (χ0) is 20.8. The first kappa shape index (κ1) is 20.6. The number of thiazole rings is 1. The molecule has 2 amide bonds. The van der Waals surface area contributed by atoms with Gasteiger partial charge in [-0.15, -0.1) is 11.3 Å². The number of ether oxygens (including phenoxy) is 5. The summed E-state index contributed by atoms with van der Waals surface area (Å²) >= 11 is 1.33. The molecule has 0 saturated carbocycles. The summed E-state index contributed by atoms with van der Waals surface area (Å²) in [6, 6.07) is 0. The number of hydrogen-bond donors (Lipinski definition) is 2. The van der Waals surface area contributed by atoms with Gasteiger partial charge in [0.05, 0.1) is 0 Å². The summed E-state index contributed by atoms with van der Waals surface area (Å²) in [6.07, 6.45) is -1.62. The van der Waals surface area contributed by atoms with Crippen LogP contribution in [0.2, 0.25) is 0 Å². The molecule has 11 heteroatoms. The molecule has 1 aromatic heterocycles. The summed E-state index contributed by atoms with van der Waals surface area (Å²) < 4.78 is 29.5. The van der Waals surface area contributed by atoms with Crippen molar-refractivity contribution in [3.05, 3.63) is 11.6 Å². The number of carbonyl (C=O) groups is 2. The zero-order valence-corrected chi connectivity index (χ0v) is 17.5. The molecule has 0 aliphatic carbocycles. The van der Waals surface area contributed by atoms with E-state index in [0.29, 0.717) is 5.13 Å². The van der Waals surface area contributed by atoms with Crippen LogP contribution in [0, 0.1) is 0 Å². The molecule has 2 N–H and O–H groups in total. The number of hydrogen-bond acceptors (Lipinski definition) is 9. The molecule has 160 valence electrons. The zero-order valence-electron chi connectivity index (χ0n) is 16.7. The average Bonchev–Trinajstić information content (AvgIpc) is 3.29. The number of amides is 2. The van der Waals surface area contributed by atoms with Crippen molar-refractivity contribution in [2.75, 3.05) is 11.9 Å². The molecule has 3 fully saturated rings. The van der Waals surface area contributed by atoms with E-state index in [0.717, 1.165) is 0 Å². The van der Waals surface area contributed by atoms with E-state index in [-0.39, 0.29) is 18.9 Å². The highest BCUT2D eigenvalue weighted by Gasteiger charge is 2.62. The summed E-state index contributed by atoms with van der Waals surface area (Å²) in [7, 11) is 0. The second-order valence-corrected chi connectivity index (χ2v) is 8.91. The van der Waals surface area contributed by atoms with Gasteiger partial charge in [-0.05, 0) is 27.7 Å². The fourth-order valence-corrected chi connectivity index (χ4v) is 4.24. The Morgan fingerprint density at radius 3 is 2.48 bits per heavy atom. The van der Waals surface area contributed by atoms with Crippen molar-refractivity contribution in [2.24, 2.45) is 0 Å². The van der Waals surface area contributed by atoms with Crippen molar-refractivity contribution < 1.29 is 33.3 Å². The molecule has 0 radical (unpaired) electrons. The third-order valence-corrected chi connectivity index (χ3v) is 5.43. The minimum atomic E-state index is -0.942. The molecule has 1 aromatic rings. The van der Waals surface area contributed by atoms with E-state index in [1.54, 1.807) is 39.3 Å². The van der Waals surface area contributed by atoms with Crippen LogP contribution in [0.15, 0.2) is 11.6 Å². The van der Waals surface area contributed by atoms with Gasteiger partial charge in [-0.2, -0.15) is 0 Å². The largest absolute Gasteiger partial charge is 0.353 e. The molecule has 10 nitrogen and oxygen atoms in total. The van der Waals surface area contributed by atoms with Crippen molar-refractivity contribution >= 4 is 28.3 Å². The summed E-state index contributed by atoms with van der Waals surface area (Å²) in [6.45, 7) is 7.26. The molecule has 5 atom stereocenters. The molecule has 4 heterocycles. The van der Waals surface area contributed by atoms with Crippen molar-refractivity contribution in [1.82, 2.24) is 10.3 Å². The predicted molar refractivity (Wildman–Crippen MR) is 101 cm³/mol. The minimum absolute atomic E-state index is 0.105. The first-order valence-corrected chi connectivity index (χ1v) is 10.4. The minimum Gasteiger partial charge on any atom is -0.353 e. The van der Waals surface area contributed by atoms with Crippen molar-refractivity contribution in [1.29, 1.82) is 0 Å². The topological polar surface area (TPSA) is 117 Å². The molecule has 3 aliphatic heterocycles. The fraction of sp³-hybridized carbons (Fsp3) is 0.722. The number of nitrogens with zero attached hydrogens (tertiary/aromatic N) is 1. The Morgan fingerprint density at radius 2 is 1.76 bits per heavy atom. The van der Waals surface area contributed by atoms with Crippen LogP contribution < -0.4 is 10.6 Å². The lowest BCUT2D eigenvalue weighted by atomic mass is 9.98. The lowest BCUT2D eigenvalue weighted by molar-refractivity contribution is -0.231. The number of fused-ring (bicyclic) bond motifs is 3. The first-order valence-electron chi connectivity index (χ1n) is 9.47. The predicted octanol–water partition coefficient (Wildman–Crippen LogP) is 0.984. The quantitative estimate of drug-likeness (QED) is 0.714. The maximum Gasteiger partial charge on any atom is 0.252 e. The Bertz CT molecular complexity index is 770. The van der Waals surface area contributed by atoms with Crippen molar-refractivity contribution in [2.45, 2.75) is 76.4 Å². The van der Waals surface area contributed by atoms with E-state index in [1.165, 1.54) is 11.3 Å². The standard InChI is InChI=1S/C18H25N3O7S/c1-17(2)25-10-11(26-17)13-15(28-18(3,4)27-13)24-12(10)14(23)19-6-5-9(22)21-16-20-7-8-29-16/h7-8,10-13,15H,5-6H2,1-4H3,(H,19,23)(H,20,21,22). The van der Waals surface area contributed by atoms with Gasteiger partial charge >= 0.3 is 0 Å². The Kier molecular flexibility index (Phi) is 5.38. The van der Waals surface area contributed by atoms with Gasteiger partial charge in [0.15, 0.2) is 29.1 Å². The monoisotopic (exact) mass is 427 g/mol. The Morgan fingerprint density at radius 1 is 1.07 bits per heavy atom. The van der Waals surface area contributed by atoms with Crippen LogP contribution in [0.1, 0.15) is 34.1 Å². The molecule has 5 unspecified atom stereocenters. The summed E-state index contributed by atoms with van der Waals surface area (Å²) in [4.78, 5) is 28.7. The van der Waals surface area contributed by atoms with Crippen LogP contribution in [-0.2, 0) is 33.3 Å². The van der Waals surface area contributed by atoms with E-state index in [1.807, 2.05) is 0 Å². The van der Waals surface area contributed by atoms with Crippen molar-refractivity contribution in [3.63, 3.8) is 0 Å². The Balaban J connectivity index is 1.36. The number of rotatable bonds is 5. The van der Waals surface area contributed by atoms with Crippen LogP contribution in [0.25, 0.3) is 0 Å². The summed E-state index contributed by atoms with van der Waals surface area (Å²) in [5, 5.41) is 7.68. The van der Waals surface area contributed by atoms with Gasteiger partial charge in [0.1, 0.15) is 18.3 Å². The maximum atomic E-state index is 12.8. The second-order valence-electron chi connectivity index (χ2n) is 8.02. The molecule has 0 bridgehead atoms. The smallest absolute Gasteiger partial charge is 0.252 e. The second kappa shape index (κ2) is 7.56. The molecule has 4 rings (SSSR count). The van der Waals surface area contributed by atoms with Gasteiger partial charge in [0.2, 0.25) is 5.91 Å². The van der Waals surface area contributed by atoms with E-state index >= 15 is 0 Å². The highest BCUT2D eigenvalue weighted by molar-refractivity contribution is 7.13. The maximum absolute atomic E-state index is 12.8. The third kappa shape index (κ3) is 4.44. The van der Waals surface area contributed by atoms with Crippen LogP contribution >= 0.6 is 11.3 Å². The van der Waals surface area contributed by atoms with Crippen LogP contribution in [-0.4, -0.2) is 65.6 Å². The molecule has 29 heavy (non-hydrogen) atoms. The van der Waals surface area contributed by atoms with Gasteiger partial charge in [0, 0.05) is 24.5 Å². The third-order valence-electron chi connectivity index (χ3n) is 4.74. The van der Waals surface area contributed by atoms with Gasteiger partial charge < -0.3 is 34.3 Å². The van der Waals surface area contributed by atoms with Gasteiger partial charge in [-0.25, -0.2) is 4.98 Å². The SMILES string of the molecule is CC1(C)OC2OC(C(=O)NCCC(=O)Nc3nccs3)C3OC(C)(C)OC3C2O1. The first-order chi connectivity index (χ1) is 13.6. The van der Waals surface area contributed by atoms with E-state index in [2.05, 4.69) is 15.6 Å².